The number of sulfonamides is 1. The number of carbonyl (C=O) groups excluding carboxylic acids is 2. The van der Waals surface area contributed by atoms with E-state index in [2.05, 4.69) is 15.4 Å². The van der Waals surface area contributed by atoms with E-state index in [1.165, 1.54) is 36.4 Å². The summed E-state index contributed by atoms with van der Waals surface area (Å²) in [5.74, 6) is -1.12. The lowest BCUT2D eigenvalue weighted by molar-refractivity contribution is 0.0949. The van der Waals surface area contributed by atoms with Crippen molar-refractivity contribution in [2.24, 2.45) is 0 Å². The van der Waals surface area contributed by atoms with Crippen molar-refractivity contribution < 1.29 is 22.4 Å². The van der Waals surface area contributed by atoms with Gasteiger partial charge in [0.25, 0.3) is 21.8 Å². The number of hydrogen-bond donors (Lipinski definition) is 3. The van der Waals surface area contributed by atoms with Crippen molar-refractivity contribution in [1.82, 2.24) is 5.32 Å². The Morgan fingerprint density at radius 1 is 0.812 bits per heavy atom. The van der Waals surface area contributed by atoms with Crippen LogP contribution in [-0.4, -0.2) is 26.3 Å². The number of benzene rings is 3. The Labute approximate surface area is 184 Å². The molecule has 0 bridgehead atoms. The number of carbonyl (C=O) groups is 2. The minimum atomic E-state index is -3.88. The first-order valence-electron chi connectivity index (χ1n) is 9.91. The molecule has 1 aliphatic carbocycles. The molecule has 3 aromatic rings. The SMILES string of the molecule is O=C(Nc1cccc(C(=O)NC2CC2)c1)c1ccc(NS(=O)(=O)c2ccc(F)cc2)cc1. The second kappa shape index (κ2) is 8.80. The predicted octanol–water partition coefficient (Wildman–Crippen LogP) is 3.77. The Morgan fingerprint density at radius 2 is 1.50 bits per heavy atom. The molecule has 164 valence electrons. The molecule has 0 atom stereocenters. The summed E-state index contributed by atoms with van der Waals surface area (Å²) < 4.78 is 40.2. The largest absolute Gasteiger partial charge is 0.349 e. The van der Waals surface area contributed by atoms with Gasteiger partial charge in [0.15, 0.2) is 0 Å². The van der Waals surface area contributed by atoms with Crippen LogP contribution in [0.5, 0.6) is 0 Å². The predicted molar refractivity (Wildman–Crippen MR) is 119 cm³/mol. The zero-order chi connectivity index (χ0) is 22.7. The first-order chi connectivity index (χ1) is 15.3. The van der Waals surface area contributed by atoms with Crippen LogP contribution in [0.1, 0.15) is 33.6 Å². The lowest BCUT2D eigenvalue weighted by atomic mass is 10.1. The van der Waals surface area contributed by atoms with Gasteiger partial charge in [0.05, 0.1) is 4.90 Å². The molecule has 0 aromatic heterocycles. The van der Waals surface area contributed by atoms with E-state index in [4.69, 9.17) is 0 Å². The lowest BCUT2D eigenvalue weighted by Crippen LogP contribution is -2.25. The molecule has 7 nitrogen and oxygen atoms in total. The van der Waals surface area contributed by atoms with Crippen molar-refractivity contribution in [2.75, 3.05) is 10.0 Å². The lowest BCUT2D eigenvalue weighted by Gasteiger charge is -2.10. The molecule has 2 amide bonds. The summed E-state index contributed by atoms with van der Waals surface area (Å²) in [7, 11) is -3.88. The summed E-state index contributed by atoms with van der Waals surface area (Å²) in [6.45, 7) is 0. The van der Waals surface area contributed by atoms with E-state index in [0.717, 1.165) is 25.0 Å². The quantitative estimate of drug-likeness (QED) is 0.507. The molecule has 0 spiro atoms. The molecule has 0 unspecified atom stereocenters. The third-order valence-electron chi connectivity index (χ3n) is 4.82. The van der Waals surface area contributed by atoms with Crippen LogP contribution in [0.25, 0.3) is 0 Å². The Bertz CT molecular complexity index is 1260. The molecule has 1 saturated carbocycles. The van der Waals surface area contributed by atoms with Crippen molar-refractivity contribution in [1.29, 1.82) is 0 Å². The van der Waals surface area contributed by atoms with E-state index in [0.29, 0.717) is 16.8 Å². The number of hydrogen-bond acceptors (Lipinski definition) is 4. The molecule has 3 aromatic carbocycles. The molecule has 0 heterocycles. The number of nitrogens with one attached hydrogen (secondary N) is 3. The first kappa shape index (κ1) is 21.5. The monoisotopic (exact) mass is 453 g/mol. The summed E-state index contributed by atoms with van der Waals surface area (Å²) in [5.41, 5.74) is 1.49. The summed E-state index contributed by atoms with van der Waals surface area (Å²) in [5, 5.41) is 5.62. The molecule has 3 N–H and O–H groups in total. The molecule has 32 heavy (non-hydrogen) atoms. The maximum atomic E-state index is 13.0. The maximum absolute atomic E-state index is 13.0. The third-order valence-corrected chi connectivity index (χ3v) is 6.22. The van der Waals surface area contributed by atoms with Crippen molar-refractivity contribution >= 4 is 33.2 Å². The molecule has 0 saturated heterocycles. The Kier molecular flexibility index (Phi) is 5.91. The van der Waals surface area contributed by atoms with E-state index in [9.17, 15) is 22.4 Å². The fraction of sp³-hybridized carbons (Fsp3) is 0.130. The highest BCUT2D eigenvalue weighted by Gasteiger charge is 2.24. The van der Waals surface area contributed by atoms with Crippen LogP contribution in [0.3, 0.4) is 0 Å². The van der Waals surface area contributed by atoms with E-state index in [-0.39, 0.29) is 22.5 Å². The van der Waals surface area contributed by atoms with Crippen molar-refractivity contribution in [3.05, 3.63) is 89.7 Å². The molecule has 1 fully saturated rings. The van der Waals surface area contributed by atoms with Gasteiger partial charge in [0, 0.05) is 28.5 Å². The number of amides is 2. The maximum Gasteiger partial charge on any atom is 0.261 e. The zero-order valence-electron chi connectivity index (χ0n) is 16.8. The summed E-state index contributed by atoms with van der Waals surface area (Å²) >= 11 is 0. The third kappa shape index (κ3) is 5.30. The fourth-order valence-corrected chi connectivity index (χ4v) is 4.01. The number of halogens is 1. The highest BCUT2D eigenvalue weighted by Crippen LogP contribution is 2.21. The molecule has 4 rings (SSSR count). The van der Waals surface area contributed by atoms with Gasteiger partial charge in [-0.3, -0.25) is 14.3 Å². The molecule has 0 aliphatic heterocycles. The standard InChI is InChI=1S/C23H20FN3O4S/c24-17-6-12-21(13-7-17)32(30,31)27-19-8-4-15(5-9-19)22(28)26-20-3-1-2-16(14-20)23(29)25-18-10-11-18/h1-9,12-14,18,27H,10-11H2,(H,25,29)(H,26,28). The highest BCUT2D eigenvalue weighted by atomic mass is 32.2. The Morgan fingerprint density at radius 3 is 2.16 bits per heavy atom. The second-order valence-electron chi connectivity index (χ2n) is 7.42. The first-order valence-corrected chi connectivity index (χ1v) is 11.4. The van der Waals surface area contributed by atoms with Crippen LogP contribution in [0.4, 0.5) is 15.8 Å². The normalized spacial score (nSPS) is 13.3. The molecule has 9 heteroatoms. The number of anilines is 2. The van der Waals surface area contributed by atoms with Gasteiger partial charge >= 0.3 is 0 Å². The summed E-state index contributed by atoms with van der Waals surface area (Å²) in [6, 6.07) is 17.2. The van der Waals surface area contributed by atoms with Gasteiger partial charge in [0.2, 0.25) is 0 Å². The minimum Gasteiger partial charge on any atom is -0.349 e. The van der Waals surface area contributed by atoms with Gasteiger partial charge in [0.1, 0.15) is 5.82 Å². The highest BCUT2D eigenvalue weighted by molar-refractivity contribution is 7.92. The van der Waals surface area contributed by atoms with Gasteiger partial charge in [-0.25, -0.2) is 12.8 Å². The van der Waals surface area contributed by atoms with Gasteiger partial charge in [-0.1, -0.05) is 6.07 Å². The fourth-order valence-electron chi connectivity index (χ4n) is 2.96. The van der Waals surface area contributed by atoms with Gasteiger partial charge in [-0.2, -0.15) is 0 Å². The minimum absolute atomic E-state index is 0.0775. The smallest absolute Gasteiger partial charge is 0.261 e. The van der Waals surface area contributed by atoms with Crippen LogP contribution in [0.2, 0.25) is 0 Å². The van der Waals surface area contributed by atoms with Crippen LogP contribution in [0.15, 0.2) is 77.7 Å². The molecule has 0 radical (unpaired) electrons. The van der Waals surface area contributed by atoms with Crippen LogP contribution >= 0.6 is 0 Å². The van der Waals surface area contributed by atoms with Crippen LogP contribution in [-0.2, 0) is 10.0 Å². The Balaban J connectivity index is 1.41. The average molecular weight is 453 g/mol. The molecule has 1 aliphatic rings. The summed E-state index contributed by atoms with van der Waals surface area (Å²) in [4.78, 5) is 24.6. The Hall–Kier alpha value is -3.72. The van der Waals surface area contributed by atoms with Gasteiger partial charge in [-0.15, -0.1) is 0 Å². The molecular weight excluding hydrogens is 433 g/mol. The van der Waals surface area contributed by atoms with E-state index in [1.807, 2.05) is 0 Å². The topological polar surface area (TPSA) is 104 Å². The van der Waals surface area contributed by atoms with Crippen LogP contribution < -0.4 is 15.4 Å². The number of rotatable bonds is 7. The van der Waals surface area contributed by atoms with Crippen LogP contribution in [0, 0.1) is 5.82 Å². The second-order valence-corrected chi connectivity index (χ2v) is 9.10. The van der Waals surface area contributed by atoms with E-state index >= 15 is 0 Å². The van der Waals surface area contributed by atoms with Crippen molar-refractivity contribution in [2.45, 2.75) is 23.8 Å². The van der Waals surface area contributed by atoms with Gasteiger partial charge in [-0.05, 0) is 79.6 Å². The average Bonchev–Trinajstić information content (AvgIpc) is 3.58. The summed E-state index contributed by atoms with van der Waals surface area (Å²) in [6.07, 6.45) is 1.97. The molecular formula is C23H20FN3O4S. The van der Waals surface area contributed by atoms with Crippen molar-refractivity contribution in [3.63, 3.8) is 0 Å². The van der Waals surface area contributed by atoms with Gasteiger partial charge < -0.3 is 10.6 Å². The van der Waals surface area contributed by atoms with E-state index < -0.39 is 21.7 Å². The zero-order valence-corrected chi connectivity index (χ0v) is 17.7. The van der Waals surface area contributed by atoms with Crippen molar-refractivity contribution in [3.8, 4) is 0 Å². The van der Waals surface area contributed by atoms with E-state index in [1.54, 1.807) is 24.3 Å².